The van der Waals surface area contributed by atoms with E-state index in [9.17, 15) is 8.42 Å². The van der Waals surface area contributed by atoms with E-state index in [1.54, 1.807) is 0 Å². The zero-order chi connectivity index (χ0) is 14.1. The molecule has 2 N–H and O–H groups in total. The fraction of sp³-hybridized carbons (Fsp3) is 1.00. The summed E-state index contributed by atoms with van der Waals surface area (Å²) in [4.78, 5) is 0. The molecule has 4 nitrogen and oxygen atoms in total. The predicted molar refractivity (Wildman–Crippen MR) is 80.7 cm³/mol. The summed E-state index contributed by atoms with van der Waals surface area (Å²) in [6.45, 7) is 6.73. The maximum absolute atomic E-state index is 12.0. The van der Waals surface area contributed by atoms with Gasteiger partial charge in [0.15, 0.2) is 0 Å². The zero-order valence-electron chi connectivity index (χ0n) is 12.5. The standard InChI is InChI=1S/C14H30N2O2S/c1-13(2)7-5-3-4-6-10-16-19(17,18)14-8-11-15-12-9-14/h13-16H,3-12H2,1-2H3. The van der Waals surface area contributed by atoms with Crippen LogP contribution in [0, 0.1) is 5.92 Å². The van der Waals surface area contributed by atoms with Crippen LogP contribution in [-0.2, 0) is 10.0 Å². The second-order valence-electron chi connectivity index (χ2n) is 5.99. The SMILES string of the molecule is CC(C)CCCCCCNS(=O)(=O)C1CCNCC1. The molecular weight excluding hydrogens is 260 g/mol. The van der Waals surface area contributed by atoms with Gasteiger partial charge in [0.05, 0.1) is 5.25 Å². The molecule has 5 heteroatoms. The number of sulfonamides is 1. The summed E-state index contributed by atoms with van der Waals surface area (Å²) in [6, 6.07) is 0. The molecule has 1 fully saturated rings. The smallest absolute Gasteiger partial charge is 0.214 e. The van der Waals surface area contributed by atoms with Crippen LogP contribution in [0.4, 0.5) is 0 Å². The van der Waals surface area contributed by atoms with E-state index < -0.39 is 10.0 Å². The molecule has 0 aromatic heterocycles. The van der Waals surface area contributed by atoms with Gasteiger partial charge in [-0.15, -0.1) is 0 Å². The Morgan fingerprint density at radius 3 is 2.37 bits per heavy atom. The monoisotopic (exact) mass is 290 g/mol. The van der Waals surface area contributed by atoms with Crippen molar-refractivity contribution in [2.24, 2.45) is 5.92 Å². The van der Waals surface area contributed by atoms with Gasteiger partial charge < -0.3 is 5.32 Å². The van der Waals surface area contributed by atoms with Gasteiger partial charge in [0.25, 0.3) is 0 Å². The minimum Gasteiger partial charge on any atom is -0.317 e. The van der Waals surface area contributed by atoms with Gasteiger partial charge in [0.1, 0.15) is 0 Å². The summed E-state index contributed by atoms with van der Waals surface area (Å²) in [5, 5.41) is 3.01. The molecule has 0 spiro atoms. The third-order valence-corrected chi connectivity index (χ3v) is 5.69. The van der Waals surface area contributed by atoms with Gasteiger partial charge in [0, 0.05) is 6.54 Å². The van der Waals surface area contributed by atoms with E-state index in [2.05, 4.69) is 23.9 Å². The molecule has 0 radical (unpaired) electrons. The molecule has 0 amide bonds. The minimum absolute atomic E-state index is 0.185. The lowest BCUT2D eigenvalue weighted by Crippen LogP contribution is -2.41. The molecule has 0 aromatic rings. The fourth-order valence-electron chi connectivity index (χ4n) is 2.47. The van der Waals surface area contributed by atoms with E-state index in [1.807, 2.05) is 0 Å². The normalized spacial score (nSPS) is 18.1. The quantitative estimate of drug-likeness (QED) is 0.640. The second kappa shape index (κ2) is 8.93. The van der Waals surface area contributed by atoms with Gasteiger partial charge in [-0.1, -0.05) is 39.5 Å². The van der Waals surface area contributed by atoms with Crippen molar-refractivity contribution in [2.45, 2.75) is 64.0 Å². The van der Waals surface area contributed by atoms with Gasteiger partial charge in [-0.25, -0.2) is 13.1 Å². The first-order chi connectivity index (χ1) is 9.02. The van der Waals surface area contributed by atoms with Crippen LogP contribution in [0.25, 0.3) is 0 Å². The maximum atomic E-state index is 12.0. The Kier molecular flexibility index (Phi) is 7.95. The number of hydrogen-bond acceptors (Lipinski definition) is 3. The van der Waals surface area contributed by atoms with Crippen molar-refractivity contribution in [3.05, 3.63) is 0 Å². The molecule has 19 heavy (non-hydrogen) atoms. The summed E-state index contributed by atoms with van der Waals surface area (Å²) in [6.07, 6.45) is 7.32. The van der Waals surface area contributed by atoms with Crippen molar-refractivity contribution in [1.29, 1.82) is 0 Å². The highest BCUT2D eigenvalue weighted by Crippen LogP contribution is 2.12. The van der Waals surface area contributed by atoms with Gasteiger partial charge in [0.2, 0.25) is 10.0 Å². The largest absolute Gasteiger partial charge is 0.317 e. The second-order valence-corrected chi connectivity index (χ2v) is 8.03. The Labute approximate surface area is 118 Å². The summed E-state index contributed by atoms with van der Waals surface area (Å²) in [5.41, 5.74) is 0. The summed E-state index contributed by atoms with van der Waals surface area (Å²) in [5.74, 6) is 0.776. The molecule has 0 unspecified atom stereocenters. The van der Waals surface area contributed by atoms with Crippen LogP contribution in [0.15, 0.2) is 0 Å². The van der Waals surface area contributed by atoms with Crippen molar-refractivity contribution in [3.63, 3.8) is 0 Å². The van der Waals surface area contributed by atoms with E-state index >= 15 is 0 Å². The zero-order valence-corrected chi connectivity index (χ0v) is 13.3. The summed E-state index contributed by atoms with van der Waals surface area (Å²) < 4.78 is 26.8. The van der Waals surface area contributed by atoms with Crippen LogP contribution in [0.5, 0.6) is 0 Å². The number of nitrogens with one attached hydrogen (secondary N) is 2. The molecular formula is C14H30N2O2S. The van der Waals surface area contributed by atoms with E-state index in [1.165, 1.54) is 19.3 Å². The molecule has 0 atom stereocenters. The molecule has 1 rings (SSSR count). The minimum atomic E-state index is -3.08. The first kappa shape index (κ1) is 16.9. The van der Waals surface area contributed by atoms with Crippen LogP contribution in [0.3, 0.4) is 0 Å². The van der Waals surface area contributed by atoms with Crippen LogP contribution in [-0.4, -0.2) is 33.3 Å². The molecule has 1 aliphatic rings. The van der Waals surface area contributed by atoms with Crippen molar-refractivity contribution < 1.29 is 8.42 Å². The Bertz CT molecular complexity index is 322. The number of hydrogen-bond donors (Lipinski definition) is 2. The average Bonchev–Trinajstić information content (AvgIpc) is 2.38. The topological polar surface area (TPSA) is 58.2 Å². The summed E-state index contributed by atoms with van der Waals surface area (Å²) >= 11 is 0. The molecule has 1 aliphatic heterocycles. The Balaban J connectivity index is 2.07. The Morgan fingerprint density at radius 1 is 1.11 bits per heavy atom. The lowest BCUT2D eigenvalue weighted by atomic mass is 10.0. The lowest BCUT2D eigenvalue weighted by molar-refractivity contribution is 0.486. The van der Waals surface area contributed by atoms with E-state index in [4.69, 9.17) is 0 Å². The fourth-order valence-corrected chi connectivity index (χ4v) is 3.99. The first-order valence-electron chi connectivity index (χ1n) is 7.71. The Hall–Kier alpha value is -0.130. The van der Waals surface area contributed by atoms with E-state index in [-0.39, 0.29) is 5.25 Å². The van der Waals surface area contributed by atoms with Gasteiger partial charge in [-0.3, -0.25) is 0 Å². The predicted octanol–water partition coefficient (Wildman–Crippen LogP) is 2.26. The molecule has 0 aromatic carbocycles. The first-order valence-corrected chi connectivity index (χ1v) is 9.26. The average molecular weight is 290 g/mol. The third-order valence-electron chi connectivity index (χ3n) is 3.74. The number of piperidine rings is 1. The van der Waals surface area contributed by atoms with Crippen LogP contribution < -0.4 is 10.0 Å². The van der Waals surface area contributed by atoms with E-state index in [0.29, 0.717) is 6.54 Å². The third kappa shape index (κ3) is 7.28. The van der Waals surface area contributed by atoms with Crippen molar-refractivity contribution >= 4 is 10.0 Å². The lowest BCUT2D eigenvalue weighted by Gasteiger charge is -2.22. The Morgan fingerprint density at radius 2 is 1.74 bits per heavy atom. The highest BCUT2D eigenvalue weighted by molar-refractivity contribution is 7.90. The number of rotatable bonds is 9. The van der Waals surface area contributed by atoms with Crippen LogP contribution in [0.1, 0.15) is 58.8 Å². The molecule has 0 bridgehead atoms. The molecule has 0 aliphatic carbocycles. The van der Waals surface area contributed by atoms with Gasteiger partial charge in [-0.2, -0.15) is 0 Å². The van der Waals surface area contributed by atoms with Gasteiger partial charge >= 0.3 is 0 Å². The highest BCUT2D eigenvalue weighted by atomic mass is 32.2. The maximum Gasteiger partial charge on any atom is 0.214 e. The van der Waals surface area contributed by atoms with Crippen molar-refractivity contribution in [3.8, 4) is 0 Å². The van der Waals surface area contributed by atoms with Crippen molar-refractivity contribution in [1.82, 2.24) is 10.0 Å². The number of unbranched alkanes of at least 4 members (excludes halogenated alkanes) is 3. The summed E-state index contributed by atoms with van der Waals surface area (Å²) in [7, 11) is -3.08. The van der Waals surface area contributed by atoms with E-state index in [0.717, 1.165) is 44.7 Å². The van der Waals surface area contributed by atoms with Gasteiger partial charge in [-0.05, 0) is 38.3 Å². The van der Waals surface area contributed by atoms with Crippen LogP contribution >= 0.6 is 0 Å². The molecule has 0 saturated carbocycles. The molecule has 1 saturated heterocycles. The molecule has 114 valence electrons. The van der Waals surface area contributed by atoms with Crippen molar-refractivity contribution in [2.75, 3.05) is 19.6 Å². The van der Waals surface area contributed by atoms with Crippen LogP contribution in [0.2, 0.25) is 0 Å². The highest BCUT2D eigenvalue weighted by Gasteiger charge is 2.26. The molecule has 1 heterocycles.